The largest absolute Gasteiger partial charge is 0.390 e. The lowest BCUT2D eigenvalue weighted by atomic mass is 10.2. The lowest BCUT2D eigenvalue weighted by molar-refractivity contribution is 0.277. The molecule has 0 aromatic carbocycles. The molecule has 14 heavy (non-hydrogen) atoms. The molecule has 0 aliphatic rings. The van der Waals surface area contributed by atoms with E-state index >= 15 is 0 Å². The SMILES string of the molecule is OCc1cnc(-c2ccncc2F)[nH]1. The number of nitrogens with zero attached hydrogens (tertiary/aromatic N) is 2. The maximum absolute atomic E-state index is 13.2. The first-order valence-corrected chi connectivity index (χ1v) is 4.06. The molecule has 4 nitrogen and oxygen atoms in total. The first-order valence-electron chi connectivity index (χ1n) is 4.06. The van der Waals surface area contributed by atoms with E-state index in [0.29, 0.717) is 17.1 Å². The first-order chi connectivity index (χ1) is 6.81. The molecule has 0 radical (unpaired) electrons. The monoisotopic (exact) mass is 193 g/mol. The number of hydrogen-bond donors (Lipinski definition) is 2. The molecule has 2 heterocycles. The third-order valence-corrected chi connectivity index (χ3v) is 1.83. The Morgan fingerprint density at radius 1 is 1.43 bits per heavy atom. The topological polar surface area (TPSA) is 61.8 Å². The molecular formula is C9H8FN3O. The molecular weight excluding hydrogens is 185 g/mol. The van der Waals surface area contributed by atoms with Crippen molar-refractivity contribution in [1.29, 1.82) is 0 Å². The van der Waals surface area contributed by atoms with Crippen LogP contribution in [0.4, 0.5) is 4.39 Å². The van der Waals surface area contributed by atoms with E-state index < -0.39 is 5.82 Å². The van der Waals surface area contributed by atoms with Crippen LogP contribution in [0.2, 0.25) is 0 Å². The fraction of sp³-hybridized carbons (Fsp3) is 0.111. The van der Waals surface area contributed by atoms with Gasteiger partial charge in [0.05, 0.1) is 30.3 Å². The summed E-state index contributed by atoms with van der Waals surface area (Å²) in [6.07, 6.45) is 4.07. The standard InChI is InChI=1S/C9H8FN3O/c10-8-4-11-2-1-7(8)9-12-3-6(5-14)13-9/h1-4,14H,5H2,(H,12,13). The molecule has 2 rings (SSSR count). The van der Waals surface area contributed by atoms with E-state index in [1.165, 1.54) is 18.5 Å². The number of rotatable bonds is 2. The van der Waals surface area contributed by atoms with E-state index in [0.717, 1.165) is 6.20 Å². The number of aliphatic hydroxyl groups is 1. The summed E-state index contributed by atoms with van der Waals surface area (Å²) in [5, 5.41) is 8.79. The van der Waals surface area contributed by atoms with Gasteiger partial charge < -0.3 is 10.1 Å². The Bertz CT molecular complexity index is 441. The lowest BCUT2D eigenvalue weighted by Gasteiger charge is -1.96. The van der Waals surface area contributed by atoms with E-state index in [2.05, 4.69) is 15.0 Å². The van der Waals surface area contributed by atoms with Crippen molar-refractivity contribution in [1.82, 2.24) is 15.0 Å². The summed E-state index contributed by atoms with van der Waals surface area (Å²) in [5.74, 6) is -0.0414. The summed E-state index contributed by atoms with van der Waals surface area (Å²) >= 11 is 0. The zero-order valence-corrected chi connectivity index (χ0v) is 7.24. The van der Waals surface area contributed by atoms with Crippen LogP contribution >= 0.6 is 0 Å². The van der Waals surface area contributed by atoms with Gasteiger partial charge in [0.2, 0.25) is 0 Å². The van der Waals surface area contributed by atoms with E-state index in [-0.39, 0.29) is 6.61 Å². The number of aromatic amines is 1. The van der Waals surface area contributed by atoms with Crippen molar-refractivity contribution in [2.75, 3.05) is 0 Å². The highest BCUT2D eigenvalue weighted by atomic mass is 19.1. The summed E-state index contributed by atoms with van der Waals surface area (Å²) in [4.78, 5) is 10.4. The number of hydrogen-bond acceptors (Lipinski definition) is 3. The molecule has 0 atom stereocenters. The van der Waals surface area contributed by atoms with Crippen molar-refractivity contribution < 1.29 is 9.50 Å². The quantitative estimate of drug-likeness (QED) is 0.750. The van der Waals surface area contributed by atoms with Crippen LogP contribution in [0.3, 0.4) is 0 Å². The van der Waals surface area contributed by atoms with Crippen LogP contribution in [-0.2, 0) is 6.61 Å². The van der Waals surface area contributed by atoms with Gasteiger partial charge in [-0.2, -0.15) is 0 Å². The number of H-pyrrole nitrogens is 1. The first kappa shape index (κ1) is 8.83. The molecule has 0 fully saturated rings. The molecule has 2 aromatic heterocycles. The van der Waals surface area contributed by atoms with Crippen molar-refractivity contribution in [2.45, 2.75) is 6.61 Å². The Labute approximate surface area is 79.5 Å². The lowest BCUT2D eigenvalue weighted by Crippen LogP contribution is -1.88. The Morgan fingerprint density at radius 3 is 2.93 bits per heavy atom. The molecule has 5 heteroatoms. The average molecular weight is 193 g/mol. The van der Waals surface area contributed by atoms with Crippen LogP contribution in [0.1, 0.15) is 5.69 Å². The zero-order valence-electron chi connectivity index (χ0n) is 7.24. The second-order valence-corrected chi connectivity index (χ2v) is 2.77. The van der Waals surface area contributed by atoms with Crippen LogP contribution in [0.25, 0.3) is 11.4 Å². The average Bonchev–Trinajstić information content (AvgIpc) is 2.67. The van der Waals surface area contributed by atoms with E-state index in [1.807, 2.05) is 0 Å². The Balaban J connectivity index is 2.44. The Hall–Kier alpha value is -1.75. The van der Waals surface area contributed by atoms with Crippen molar-refractivity contribution in [3.8, 4) is 11.4 Å². The van der Waals surface area contributed by atoms with E-state index in [9.17, 15) is 4.39 Å². The van der Waals surface area contributed by atoms with Gasteiger partial charge >= 0.3 is 0 Å². The molecule has 0 unspecified atom stereocenters. The van der Waals surface area contributed by atoms with Gasteiger partial charge in [-0.05, 0) is 6.07 Å². The van der Waals surface area contributed by atoms with Crippen LogP contribution < -0.4 is 0 Å². The number of imidazole rings is 1. The summed E-state index contributed by atoms with van der Waals surface area (Å²) in [6.45, 7) is -0.139. The fourth-order valence-corrected chi connectivity index (χ4v) is 1.14. The summed E-state index contributed by atoms with van der Waals surface area (Å²) < 4.78 is 13.2. The molecule has 0 saturated heterocycles. The van der Waals surface area contributed by atoms with Gasteiger partial charge in [0.25, 0.3) is 0 Å². The van der Waals surface area contributed by atoms with E-state index in [4.69, 9.17) is 5.11 Å². The van der Waals surface area contributed by atoms with Crippen LogP contribution in [0, 0.1) is 5.82 Å². The van der Waals surface area contributed by atoms with Crippen molar-refractivity contribution >= 4 is 0 Å². The molecule has 0 amide bonds. The highest BCUT2D eigenvalue weighted by Crippen LogP contribution is 2.17. The van der Waals surface area contributed by atoms with Gasteiger partial charge in [0.15, 0.2) is 5.82 Å². The number of aromatic nitrogens is 3. The molecule has 0 aliphatic heterocycles. The third-order valence-electron chi connectivity index (χ3n) is 1.83. The maximum atomic E-state index is 13.2. The van der Waals surface area contributed by atoms with Gasteiger partial charge in [0.1, 0.15) is 5.82 Å². The van der Waals surface area contributed by atoms with Crippen LogP contribution in [0.5, 0.6) is 0 Å². The zero-order chi connectivity index (χ0) is 9.97. The molecule has 72 valence electrons. The Kier molecular flexibility index (Phi) is 2.24. The highest BCUT2D eigenvalue weighted by Gasteiger charge is 2.07. The van der Waals surface area contributed by atoms with Crippen LogP contribution in [-0.4, -0.2) is 20.1 Å². The minimum Gasteiger partial charge on any atom is -0.390 e. The van der Waals surface area contributed by atoms with Crippen LogP contribution in [0.15, 0.2) is 24.7 Å². The predicted molar refractivity (Wildman–Crippen MR) is 47.7 cm³/mol. The van der Waals surface area contributed by atoms with Gasteiger partial charge in [-0.3, -0.25) is 4.98 Å². The molecule has 0 saturated carbocycles. The second-order valence-electron chi connectivity index (χ2n) is 2.77. The summed E-state index contributed by atoms with van der Waals surface area (Å²) in [6, 6.07) is 1.52. The molecule has 2 N–H and O–H groups in total. The fourth-order valence-electron chi connectivity index (χ4n) is 1.14. The minimum atomic E-state index is -0.439. The van der Waals surface area contributed by atoms with Gasteiger partial charge in [-0.25, -0.2) is 9.37 Å². The summed E-state index contributed by atoms with van der Waals surface area (Å²) in [7, 11) is 0. The molecule has 0 spiro atoms. The number of pyridine rings is 1. The van der Waals surface area contributed by atoms with Crippen molar-refractivity contribution in [3.63, 3.8) is 0 Å². The normalized spacial score (nSPS) is 10.4. The van der Waals surface area contributed by atoms with Gasteiger partial charge in [-0.15, -0.1) is 0 Å². The Morgan fingerprint density at radius 2 is 2.29 bits per heavy atom. The highest BCUT2D eigenvalue weighted by molar-refractivity contribution is 5.54. The third kappa shape index (κ3) is 1.49. The summed E-state index contributed by atoms with van der Waals surface area (Å²) in [5.41, 5.74) is 0.899. The number of halogens is 1. The van der Waals surface area contributed by atoms with E-state index in [1.54, 1.807) is 0 Å². The molecule has 2 aromatic rings. The van der Waals surface area contributed by atoms with Gasteiger partial charge in [0, 0.05) is 6.20 Å². The van der Waals surface area contributed by atoms with Gasteiger partial charge in [-0.1, -0.05) is 0 Å². The number of nitrogens with one attached hydrogen (secondary N) is 1. The minimum absolute atomic E-state index is 0.139. The van der Waals surface area contributed by atoms with Crippen molar-refractivity contribution in [3.05, 3.63) is 36.2 Å². The van der Waals surface area contributed by atoms with Crippen molar-refractivity contribution in [2.24, 2.45) is 0 Å². The predicted octanol–water partition coefficient (Wildman–Crippen LogP) is 1.10. The maximum Gasteiger partial charge on any atom is 0.152 e. The smallest absolute Gasteiger partial charge is 0.152 e. The molecule has 0 aliphatic carbocycles. The number of aliphatic hydroxyl groups excluding tert-OH is 1. The second kappa shape index (κ2) is 3.55. The molecule has 0 bridgehead atoms.